The first-order chi connectivity index (χ1) is 12.9. The van der Waals surface area contributed by atoms with Crippen molar-refractivity contribution in [2.24, 2.45) is 5.10 Å². The van der Waals surface area contributed by atoms with Crippen molar-refractivity contribution < 1.29 is 10.2 Å². The maximum Gasteiger partial charge on any atom is 0.311 e. The molecule has 1 aromatic carbocycles. The van der Waals surface area contributed by atoms with E-state index in [4.69, 9.17) is 23.2 Å². The molecule has 2 aromatic heterocycles. The minimum atomic E-state index is -0.440. The second kappa shape index (κ2) is 6.72. The Morgan fingerprint density at radius 1 is 1.22 bits per heavy atom. The zero-order valence-electron chi connectivity index (χ0n) is 13.3. The van der Waals surface area contributed by atoms with Gasteiger partial charge in [-0.05, 0) is 23.4 Å². The monoisotopic (exact) mass is 424 g/mol. The van der Waals surface area contributed by atoms with E-state index in [1.165, 1.54) is 0 Å². The van der Waals surface area contributed by atoms with Crippen molar-refractivity contribution in [1.82, 2.24) is 20.1 Å². The lowest BCUT2D eigenvalue weighted by Crippen LogP contribution is -2.15. The topological polar surface area (TPSA) is 125 Å². The maximum absolute atomic E-state index is 12.3. The van der Waals surface area contributed by atoms with Crippen molar-refractivity contribution in [2.75, 3.05) is 5.43 Å². The second-order valence-corrected chi connectivity index (χ2v) is 7.19. The highest BCUT2D eigenvalue weighted by molar-refractivity contribution is 7.10. The van der Waals surface area contributed by atoms with Crippen LogP contribution in [-0.2, 0) is 6.54 Å². The summed E-state index contributed by atoms with van der Waals surface area (Å²) >= 11 is 12.4. The summed E-state index contributed by atoms with van der Waals surface area (Å²) in [6.45, 7) is -0.150. The summed E-state index contributed by atoms with van der Waals surface area (Å²) in [4.78, 5) is 20.0. The number of benzene rings is 1. The van der Waals surface area contributed by atoms with Crippen LogP contribution in [-0.4, -0.2) is 24.7 Å². The van der Waals surface area contributed by atoms with Gasteiger partial charge in [-0.3, -0.25) is 14.8 Å². The third kappa shape index (κ3) is 3.29. The Kier molecular flexibility index (Phi) is 4.38. The number of nitrogens with one attached hydrogen (secondary N) is 2. The van der Waals surface area contributed by atoms with Crippen LogP contribution in [0.15, 0.2) is 28.1 Å². The number of thiazole rings is 1. The number of hydrogen-bond donors (Lipinski definition) is 4. The van der Waals surface area contributed by atoms with Gasteiger partial charge in [-0.2, -0.15) is 5.10 Å². The van der Waals surface area contributed by atoms with E-state index in [1.807, 2.05) is 12.1 Å². The Morgan fingerprint density at radius 3 is 2.70 bits per heavy atom. The third-order valence-electron chi connectivity index (χ3n) is 3.72. The molecule has 4 N–H and O–H groups in total. The zero-order valence-corrected chi connectivity index (χ0v) is 15.6. The number of aromatic nitrogens is 3. The molecule has 0 bridgehead atoms. The van der Waals surface area contributed by atoms with E-state index in [0.717, 1.165) is 32.2 Å². The lowest BCUT2D eigenvalue weighted by molar-refractivity contribution is 0.417. The van der Waals surface area contributed by atoms with E-state index in [1.54, 1.807) is 12.1 Å². The van der Waals surface area contributed by atoms with Gasteiger partial charge in [0.15, 0.2) is 21.9 Å². The largest absolute Gasteiger partial charge is 0.503 e. The van der Waals surface area contributed by atoms with Crippen LogP contribution in [0, 0.1) is 0 Å². The number of hydrazine groups is 1. The van der Waals surface area contributed by atoms with Gasteiger partial charge in [0.25, 0.3) is 0 Å². The van der Waals surface area contributed by atoms with Crippen LogP contribution in [0.2, 0.25) is 10.3 Å². The summed E-state index contributed by atoms with van der Waals surface area (Å²) in [6.07, 6.45) is 1.68. The Morgan fingerprint density at radius 2 is 1.96 bits per heavy atom. The number of rotatable bonds is 3. The molecule has 0 aliphatic carbocycles. The summed E-state index contributed by atoms with van der Waals surface area (Å²) in [6, 6.07) is 5.45. The first-order valence-corrected chi connectivity index (χ1v) is 9.03. The molecule has 0 amide bonds. The van der Waals surface area contributed by atoms with Crippen molar-refractivity contribution in [3.8, 4) is 11.6 Å². The predicted molar refractivity (Wildman–Crippen MR) is 101 cm³/mol. The smallest absolute Gasteiger partial charge is 0.311 e. The molecule has 12 heteroatoms. The maximum atomic E-state index is 12.3. The highest BCUT2D eigenvalue weighted by Crippen LogP contribution is 2.28. The van der Waals surface area contributed by atoms with Crippen molar-refractivity contribution in [3.05, 3.63) is 59.5 Å². The lowest BCUT2D eigenvalue weighted by atomic mass is 10.2. The van der Waals surface area contributed by atoms with Gasteiger partial charge in [0.1, 0.15) is 5.36 Å². The molecule has 0 fully saturated rings. The van der Waals surface area contributed by atoms with Crippen LogP contribution in [0.1, 0.15) is 10.7 Å². The van der Waals surface area contributed by atoms with E-state index >= 15 is 0 Å². The second-order valence-electron chi connectivity index (χ2n) is 5.48. The van der Waals surface area contributed by atoms with E-state index in [9.17, 15) is 15.0 Å². The Labute approximate surface area is 164 Å². The number of nitrogens with zero attached hydrogens (tertiary/aromatic N) is 4. The molecule has 0 saturated heterocycles. The molecule has 138 valence electrons. The van der Waals surface area contributed by atoms with Gasteiger partial charge in [0.2, 0.25) is 5.88 Å². The third-order valence-corrected chi connectivity index (χ3v) is 5.17. The number of hydrogen-bond acceptors (Lipinski definition) is 9. The Bertz CT molecular complexity index is 1220. The summed E-state index contributed by atoms with van der Waals surface area (Å²) in [5, 5.41) is 25.1. The predicted octanol–water partition coefficient (Wildman–Crippen LogP) is 0.760. The molecule has 0 unspecified atom stereocenters. The van der Waals surface area contributed by atoms with E-state index < -0.39 is 10.6 Å². The SMILES string of the molecule is O=c1sc(C=c2ccc3c(c2)NNN=3)c(O)n1Cc1nc(Cl)c(O)c(Cl)n1. The molecule has 0 radical (unpaired) electrons. The van der Waals surface area contributed by atoms with Gasteiger partial charge in [-0.15, -0.1) is 0 Å². The highest BCUT2D eigenvalue weighted by Gasteiger charge is 2.16. The molecule has 1 aliphatic rings. The van der Waals surface area contributed by atoms with E-state index in [2.05, 4.69) is 26.0 Å². The van der Waals surface area contributed by atoms with Crippen LogP contribution in [0.5, 0.6) is 11.6 Å². The first-order valence-electron chi connectivity index (χ1n) is 7.46. The van der Waals surface area contributed by atoms with Crippen LogP contribution in [0.25, 0.3) is 6.08 Å². The quantitative estimate of drug-likeness (QED) is 0.457. The van der Waals surface area contributed by atoms with Gasteiger partial charge in [0, 0.05) is 0 Å². The fraction of sp³-hybridized carbons (Fsp3) is 0.0667. The average molecular weight is 425 g/mol. The Hall–Kier alpha value is -2.82. The van der Waals surface area contributed by atoms with Gasteiger partial charge in [-0.1, -0.05) is 40.6 Å². The van der Waals surface area contributed by atoms with Gasteiger partial charge >= 0.3 is 4.87 Å². The highest BCUT2D eigenvalue weighted by atomic mass is 35.5. The fourth-order valence-corrected chi connectivity index (χ4v) is 3.71. The first kappa shape index (κ1) is 17.6. The standard InChI is InChI=1S/C15H10Cl2N6O3S/c16-12-11(24)13(17)19-10(18-12)5-23-14(25)9(27-15(23)26)4-6-1-2-7-8(3-6)21-22-20-7/h1-4,21-22,24-25H,5H2. The summed E-state index contributed by atoms with van der Waals surface area (Å²) in [5.41, 5.74) is 6.32. The molecule has 0 saturated carbocycles. The van der Waals surface area contributed by atoms with Crippen LogP contribution >= 0.6 is 34.5 Å². The van der Waals surface area contributed by atoms with Gasteiger partial charge < -0.3 is 10.2 Å². The molecule has 4 rings (SSSR count). The number of aromatic hydroxyl groups is 2. The molecule has 3 heterocycles. The number of anilines is 1. The summed E-state index contributed by atoms with van der Waals surface area (Å²) < 4.78 is 1.10. The molecular weight excluding hydrogens is 415 g/mol. The van der Waals surface area contributed by atoms with E-state index in [-0.39, 0.29) is 28.6 Å². The normalized spacial score (nSPS) is 13.0. The van der Waals surface area contributed by atoms with Crippen molar-refractivity contribution in [2.45, 2.75) is 6.54 Å². The minimum absolute atomic E-state index is 0.0824. The molecule has 1 aliphatic heterocycles. The summed E-state index contributed by atoms with van der Waals surface area (Å²) in [7, 11) is 0. The van der Waals surface area contributed by atoms with Gasteiger partial charge in [0.05, 0.1) is 17.1 Å². The molecule has 0 atom stereocenters. The van der Waals surface area contributed by atoms with Crippen molar-refractivity contribution >= 4 is 46.3 Å². The molecular formula is C15H10Cl2N6O3S. The van der Waals surface area contributed by atoms with Crippen molar-refractivity contribution in [3.63, 3.8) is 0 Å². The molecule has 0 spiro atoms. The summed E-state index contributed by atoms with van der Waals surface area (Å²) in [5.74, 6) is -0.589. The Balaban J connectivity index is 1.72. The average Bonchev–Trinajstić information content (AvgIpc) is 3.19. The molecule has 9 nitrogen and oxygen atoms in total. The molecule has 27 heavy (non-hydrogen) atoms. The minimum Gasteiger partial charge on any atom is -0.503 e. The zero-order chi connectivity index (χ0) is 19.1. The molecule has 3 aromatic rings. The number of fused-ring (bicyclic) bond motifs is 1. The number of halogens is 2. The van der Waals surface area contributed by atoms with Crippen molar-refractivity contribution in [1.29, 1.82) is 0 Å². The van der Waals surface area contributed by atoms with Gasteiger partial charge in [-0.25, -0.2) is 15.5 Å². The fourth-order valence-electron chi connectivity index (χ4n) is 2.44. The van der Waals surface area contributed by atoms with Crippen LogP contribution in [0.4, 0.5) is 5.69 Å². The van der Waals surface area contributed by atoms with Crippen LogP contribution < -0.4 is 26.4 Å². The van der Waals surface area contributed by atoms with E-state index in [0.29, 0.717) is 4.88 Å². The lowest BCUT2D eigenvalue weighted by Gasteiger charge is -2.05. The van der Waals surface area contributed by atoms with Crippen LogP contribution in [0.3, 0.4) is 0 Å².